The number of rotatable bonds is 20. The fourth-order valence-electron chi connectivity index (χ4n) is 5.59. The second-order valence-electron chi connectivity index (χ2n) is 11.2. The second kappa shape index (κ2) is 18.8. The lowest BCUT2D eigenvalue weighted by atomic mass is 10.1. The van der Waals surface area contributed by atoms with E-state index in [2.05, 4.69) is 109 Å². The molecular weight excluding hydrogens is 561 g/mol. The average molecular weight is 611 g/mol. The fraction of sp³-hybridized carbons (Fsp3) is 0.556. The van der Waals surface area contributed by atoms with Crippen molar-refractivity contribution in [3.63, 3.8) is 0 Å². The first-order valence-corrected chi connectivity index (χ1v) is 19.7. The van der Waals surface area contributed by atoms with Crippen LogP contribution in [0.5, 0.6) is 0 Å². The Hall–Kier alpha value is -0.680. The van der Waals surface area contributed by atoms with Crippen LogP contribution in [0, 0.1) is 0 Å². The summed E-state index contributed by atoms with van der Waals surface area (Å²) in [6.07, 6.45) is 22.4. The lowest BCUT2D eigenvalue weighted by Gasteiger charge is -2.07. The van der Waals surface area contributed by atoms with E-state index >= 15 is 0 Å². The van der Waals surface area contributed by atoms with Gasteiger partial charge in [0.05, 0.1) is 12.7 Å². The van der Waals surface area contributed by atoms with Gasteiger partial charge in [-0.2, -0.15) is 0 Å². The van der Waals surface area contributed by atoms with E-state index in [1.165, 1.54) is 146 Å². The fourth-order valence-corrected chi connectivity index (χ4v) is 11.7. The summed E-state index contributed by atoms with van der Waals surface area (Å²) in [4.78, 5) is 0. The molecule has 0 saturated heterocycles. The maximum Gasteiger partial charge on any atom is 0.0660 e. The minimum absolute atomic E-state index is 1.26. The van der Waals surface area contributed by atoms with Gasteiger partial charge in [0.15, 0.2) is 0 Å². The van der Waals surface area contributed by atoms with Crippen LogP contribution in [0.1, 0.15) is 128 Å². The van der Waals surface area contributed by atoms with Crippen molar-refractivity contribution in [2.24, 2.45) is 0 Å². The summed E-state index contributed by atoms with van der Waals surface area (Å²) >= 11 is 8.40. The molecule has 2 aliphatic rings. The molecule has 4 rings (SSSR count). The third-order valence-corrected chi connectivity index (χ3v) is 13.6. The summed E-state index contributed by atoms with van der Waals surface area (Å²) in [6.45, 7) is 4.61. The molecule has 1 heterocycles. The Kier molecular flexibility index (Phi) is 15.1. The highest BCUT2D eigenvalue weighted by Crippen LogP contribution is 2.62. The Labute approximate surface area is 262 Å². The third kappa shape index (κ3) is 9.68. The van der Waals surface area contributed by atoms with Crippen molar-refractivity contribution in [1.82, 2.24) is 0 Å². The molecule has 0 amide bonds. The maximum absolute atomic E-state index is 2.33. The molecule has 0 bridgehead atoms. The van der Waals surface area contributed by atoms with Crippen molar-refractivity contribution in [1.29, 1.82) is 0 Å². The van der Waals surface area contributed by atoms with E-state index in [-0.39, 0.29) is 0 Å². The number of hydrogen-bond donors (Lipinski definition) is 0. The molecule has 0 nitrogen and oxygen atoms in total. The molecule has 1 aliphatic carbocycles. The van der Waals surface area contributed by atoms with E-state index in [9.17, 15) is 0 Å². The molecule has 0 atom stereocenters. The number of hydrogen-bond acceptors (Lipinski definition) is 4. The molecule has 40 heavy (non-hydrogen) atoms. The largest absolute Gasteiger partial charge is 0.117 e. The van der Waals surface area contributed by atoms with Gasteiger partial charge in [-0.15, -0.1) is 23.5 Å². The summed E-state index contributed by atoms with van der Waals surface area (Å²) in [5, 5.41) is 0. The smallest absolute Gasteiger partial charge is 0.0660 e. The van der Waals surface area contributed by atoms with Crippen LogP contribution in [0.4, 0.5) is 0 Å². The minimum atomic E-state index is 1.26. The molecule has 0 N–H and O–H groups in total. The molecular formula is C36H50S4. The zero-order valence-electron chi connectivity index (χ0n) is 25.0. The summed E-state index contributed by atoms with van der Waals surface area (Å²) in [5.74, 6) is 2.52. The zero-order valence-corrected chi connectivity index (χ0v) is 28.2. The maximum atomic E-state index is 2.33. The molecule has 0 radical (unpaired) electrons. The van der Waals surface area contributed by atoms with Crippen LogP contribution >= 0.6 is 47.0 Å². The van der Waals surface area contributed by atoms with Gasteiger partial charge >= 0.3 is 0 Å². The van der Waals surface area contributed by atoms with Crippen LogP contribution in [0.3, 0.4) is 0 Å². The van der Waals surface area contributed by atoms with Crippen LogP contribution in [0.25, 0.3) is 16.7 Å². The van der Waals surface area contributed by atoms with E-state index in [1.54, 1.807) is 8.47 Å². The first kappa shape index (κ1) is 32.2. The van der Waals surface area contributed by atoms with E-state index in [4.69, 9.17) is 0 Å². The SMILES string of the molecule is CCCCCCCCCCSC1=C(SCCCCCCCCCC)SC(=C2c3ccccc3-c3ccccc32)S1. The Bertz CT molecular complexity index is 1020. The van der Waals surface area contributed by atoms with E-state index in [0.29, 0.717) is 0 Å². The standard InChI is InChI=1S/C36H50S4/c1-3-5-7-9-11-13-15-21-27-37-35-36(38-28-22-16-14-12-10-8-6-4-2)40-34(39-35)33-31-25-19-17-23-29(31)30-24-18-20-26-32(30)33/h17-20,23-26H,3-16,21-22,27-28H2,1-2H3. The van der Waals surface area contributed by atoms with Crippen LogP contribution in [-0.4, -0.2) is 11.5 Å². The topological polar surface area (TPSA) is 0 Å². The molecule has 0 unspecified atom stereocenters. The summed E-state index contributed by atoms with van der Waals surface area (Å²) < 4.78 is 4.64. The highest BCUT2D eigenvalue weighted by Gasteiger charge is 2.31. The molecule has 2 aromatic rings. The van der Waals surface area contributed by atoms with Crippen molar-refractivity contribution in [2.75, 3.05) is 11.5 Å². The van der Waals surface area contributed by atoms with Crippen LogP contribution < -0.4 is 0 Å². The first-order chi connectivity index (χ1) is 19.8. The van der Waals surface area contributed by atoms with Crippen molar-refractivity contribution in [2.45, 2.75) is 117 Å². The van der Waals surface area contributed by atoms with Gasteiger partial charge in [-0.3, -0.25) is 0 Å². The van der Waals surface area contributed by atoms with Gasteiger partial charge in [0.1, 0.15) is 0 Å². The van der Waals surface area contributed by atoms with Gasteiger partial charge in [0, 0.05) is 5.57 Å². The summed E-state index contributed by atoms with van der Waals surface area (Å²) in [6, 6.07) is 18.1. The molecule has 0 saturated carbocycles. The normalized spacial score (nSPS) is 14.3. The second-order valence-corrected chi connectivity index (χ2v) is 16.2. The number of thioether (sulfide) groups is 4. The van der Waals surface area contributed by atoms with Gasteiger partial charge in [-0.1, -0.05) is 176 Å². The van der Waals surface area contributed by atoms with E-state index < -0.39 is 0 Å². The molecule has 2 aromatic carbocycles. The summed E-state index contributed by atoms with van der Waals surface area (Å²) in [7, 11) is 0. The number of unbranched alkanes of at least 4 members (excludes halogenated alkanes) is 14. The average Bonchev–Trinajstić information content (AvgIpc) is 3.53. The van der Waals surface area contributed by atoms with Crippen molar-refractivity contribution >= 4 is 52.6 Å². The van der Waals surface area contributed by atoms with Crippen LogP contribution in [-0.2, 0) is 0 Å². The van der Waals surface area contributed by atoms with Crippen molar-refractivity contribution in [3.05, 3.63) is 72.4 Å². The van der Waals surface area contributed by atoms with Gasteiger partial charge in [-0.25, -0.2) is 0 Å². The van der Waals surface area contributed by atoms with Crippen LogP contribution in [0.2, 0.25) is 0 Å². The predicted molar refractivity (Wildman–Crippen MR) is 190 cm³/mol. The predicted octanol–water partition coefficient (Wildman–Crippen LogP) is 13.7. The third-order valence-electron chi connectivity index (χ3n) is 7.89. The first-order valence-electron chi connectivity index (χ1n) is 16.1. The van der Waals surface area contributed by atoms with Crippen molar-refractivity contribution < 1.29 is 0 Å². The molecule has 0 aromatic heterocycles. The Morgan fingerprint density at radius 1 is 0.450 bits per heavy atom. The highest BCUT2D eigenvalue weighted by atomic mass is 32.3. The highest BCUT2D eigenvalue weighted by molar-refractivity contribution is 8.40. The Morgan fingerprint density at radius 3 is 1.20 bits per heavy atom. The number of fused-ring (bicyclic) bond motifs is 3. The zero-order chi connectivity index (χ0) is 27.8. The lowest BCUT2D eigenvalue weighted by Crippen LogP contribution is -1.85. The van der Waals surface area contributed by atoms with Gasteiger partial charge in [-0.05, 0) is 46.6 Å². The van der Waals surface area contributed by atoms with Gasteiger partial charge < -0.3 is 0 Å². The minimum Gasteiger partial charge on any atom is -0.117 e. The van der Waals surface area contributed by atoms with Crippen molar-refractivity contribution in [3.8, 4) is 11.1 Å². The monoisotopic (exact) mass is 610 g/mol. The lowest BCUT2D eigenvalue weighted by molar-refractivity contribution is 0.586. The van der Waals surface area contributed by atoms with E-state index in [0.717, 1.165) is 0 Å². The Morgan fingerprint density at radius 2 is 0.800 bits per heavy atom. The van der Waals surface area contributed by atoms with Gasteiger partial charge in [0.25, 0.3) is 0 Å². The molecule has 0 fully saturated rings. The quantitative estimate of drug-likeness (QED) is 0.117. The molecule has 0 spiro atoms. The number of benzene rings is 2. The van der Waals surface area contributed by atoms with E-state index in [1.807, 2.05) is 0 Å². The molecule has 1 aliphatic heterocycles. The molecule has 218 valence electrons. The van der Waals surface area contributed by atoms with Gasteiger partial charge in [0.2, 0.25) is 0 Å². The molecule has 4 heteroatoms. The summed E-state index contributed by atoms with van der Waals surface area (Å²) in [5.41, 5.74) is 7.10. The Balaban J connectivity index is 1.35. The van der Waals surface area contributed by atoms with Crippen LogP contribution in [0.15, 0.2) is 61.2 Å².